The van der Waals surface area contributed by atoms with Crippen molar-refractivity contribution in [2.75, 3.05) is 18.4 Å². The number of aliphatic hydroxyl groups is 1. The maximum atomic E-state index is 12.6. The second-order valence-electron chi connectivity index (χ2n) is 6.90. The average molecular weight is 395 g/mol. The van der Waals surface area contributed by atoms with E-state index in [9.17, 15) is 9.90 Å². The summed E-state index contributed by atoms with van der Waals surface area (Å²) in [6, 6.07) is 19.2. The van der Waals surface area contributed by atoms with Crippen molar-refractivity contribution in [3.8, 4) is 11.4 Å². The number of carbonyl (C=O) groups is 1. The van der Waals surface area contributed by atoms with Crippen LogP contribution in [0.1, 0.15) is 24.5 Å². The van der Waals surface area contributed by atoms with E-state index >= 15 is 0 Å². The molecule has 0 spiro atoms. The first-order chi connectivity index (χ1) is 13.7. The minimum Gasteiger partial charge on any atom is -0.388 e. The minimum atomic E-state index is -0.483. The van der Waals surface area contributed by atoms with Crippen molar-refractivity contribution in [3.05, 3.63) is 66.2 Å². The van der Waals surface area contributed by atoms with Gasteiger partial charge in [-0.3, -0.25) is 5.32 Å². The Morgan fingerprint density at radius 2 is 1.71 bits per heavy atom. The molecule has 1 saturated heterocycles. The second-order valence-corrected chi connectivity index (χ2v) is 7.65. The van der Waals surface area contributed by atoms with Crippen LogP contribution in [0.5, 0.6) is 0 Å². The van der Waals surface area contributed by atoms with E-state index < -0.39 is 6.10 Å². The first-order valence-electron chi connectivity index (χ1n) is 9.39. The van der Waals surface area contributed by atoms with E-state index in [2.05, 4.69) is 14.7 Å². The third kappa shape index (κ3) is 4.21. The molecule has 1 unspecified atom stereocenters. The van der Waals surface area contributed by atoms with Crippen molar-refractivity contribution >= 4 is 22.7 Å². The molecule has 0 saturated carbocycles. The molecule has 4 rings (SSSR count). The van der Waals surface area contributed by atoms with Crippen molar-refractivity contribution in [2.45, 2.75) is 18.9 Å². The highest BCUT2D eigenvalue weighted by Crippen LogP contribution is 2.31. The standard InChI is InChI=1S/C21H22N4O2S/c26-18(15-7-3-1-4-8-15)16-11-13-25(14-12-16)21(27)23-20-22-19(24-28-20)17-9-5-2-6-10-17/h1-10,16,18,26H,11-14H2,(H,22,23,24,27). The van der Waals surface area contributed by atoms with Crippen LogP contribution in [0.3, 0.4) is 0 Å². The Hall–Kier alpha value is -2.77. The molecule has 28 heavy (non-hydrogen) atoms. The Balaban J connectivity index is 1.32. The number of aromatic nitrogens is 2. The van der Waals surface area contributed by atoms with Gasteiger partial charge in [-0.2, -0.15) is 9.36 Å². The minimum absolute atomic E-state index is 0.164. The molecule has 2 heterocycles. The van der Waals surface area contributed by atoms with Crippen molar-refractivity contribution in [3.63, 3.8) is 0 Å². The molecule has 1 aliphatic heterocycles. The molecular formula is C21H22N4O2S. The summed E-state index contributed by atoms with van der Waals surface area (Å²) in [5.74, 6) is 0.781. The number of amides is 2. The quantitative estimate of drug-likeness (QED) is 0.696. The van der Waals surface area contributed by atoms with E-state index in [0.717, 1.165) is 24.0 Å². The van der Waals surface area contributed by atoms with Crippen LogP contribution in [0.15, 0.2) is 60.7 Å². The SMILES string of the molecule is O=C(Nc1nc(-c2ccccc2)ns1)N1CCC(C(O)c2ccccc2)CC1. The summed E-state index contributed by atoms with van der Waals surface area (Å²) < 4.78 is 4.32. The number of hydrogen-bond donors (Lipinski definition) is 2. The molecule has 2 N–H and O–H groups in total. The van der Waals surface area contributed by atoms with Gasteiger partial charge in [0.2, 0.25) is 5.13 Å². The van der Waals surface area contributed by atoms with Gasteiger partial charge < -0.3 is 10.0 Å². The Morgan fingerprint density at radius 1 is 1.07 bits per heavy atom. The number of benzene rings is 2. The Kier molecular flexibility index (Phi) is 5.64. The third-order valence-corrected chi connectivity index (χ3v) is 5.72. The highest BCUT2D eigenvalue weighted by molar-refractivity contribution is 7.10. The number of hydrogen-bond acceptors (Lipinski definition) is 5. The first kappa shape index (κ1) is 18.6. The third-order valence-electron chi connectivity index (χ3n) is 5.09. The maximum absolute atomic E-state index is 12.6. The van der Waals surface area contributed by atoms with Gasteiger partial charge in [0.25, 0.3) is 0 Å². The molecule has 1 atom stereocenters. The lowest BCUT2D eigenvalue weighted by molar-refractivity contribution is 0.0683. The molecule has 0 bridgehead atoms. The molecule has 1 aliphatic rings. The van der Waals surface area contributed by atoms with Gasteiger partial charge in [-0.05, 0) is 24.3 Å². The molecule has 2 aromatic carbocycles. The molecule has 144 valence electrons. The number of likely N-dealkylation sites (tertiary alicyclic amines) is 1. The summed E-state index contributed by atoms with van der Waals surface area (Å²) in [5, 5.41) is 13.9. The van der Waals surface area contributed by atoms with Gasteiger partial charge in [0.15, 0.2) is 5.82 Å². The molecule has 6 nitrogen and oxygen atoms in total. The Morgan fingerprint density at radius 3 is 2.39 bits per heavy atom. The zero-order chi connectivity index (χ0) is 19.3. The zero-order valence-corrected chi connectivity index (χ0v) is 16.2. The summed E-state index contributed by atoms with van der Waals surface area (Å²) in [5.41, 5.74) is 1.86. The average Bonchev–Trinajstić information content (AvgIpc) is 3.23. The van der Waals surface area contributed by atoms with Gasteiger partial charge in [0.05, 0.1) is 6.10 Å². The van der Waals surface area contributed by atoms with Gasteiger partial charge in [0.1, 0.15) is 0 Å². The fraction of sp³-hybridized carbons (Fsp3) is 0.286. The molecule has 1 fully saturated rings. The lowest BCUT2D eigenvalue weighted by atomic mass is 9.87. The molecule has 3 aromatic rings. The lowest BCUT2D eigenvalue weighted by Gasteiger charge is -2.34. The molecule has 1 aromatic heterocycles. The van der Waals surface area contributed by atoms with Gasteiger partial charge in [-0.25, -0.2) is 4.79 Å². The van der Waals surface area contributed by atoms with Crippen molar-refractivity contribution in [2.24, 2.45) is 5.92 Å². The number of rotatable bonds is 4. The predicted molar refractivity (Wildman–Crippen MR) is 110 cm³/mol. The molecular weight excluding hydrogens is 372 g/mol. The van der Waals surface area contributed by atoms with Gasteiger partial charge in [-0.15, -0.1) is 0 Å². The van der Waals surface area contributed by atoms with E-state index in [1.54, 1.807) is 4.90 Å². The fourth-order valence-electron chi connectivity index (χ4n) is 3.49. The number of nitrogens with one attached hydrogen (secondary N) is 1. The number of carbonyl (C=O) groups excluding carboxylic acids is 1. The topological polar surface area (TPSA) is 78.4 Å². The van der Waals surface area contributed by atoms with Crippen LogP contribution in [0.4, 0.5) is 9.93 Å². The molecule has 0 radical (unpaired) electrons. The largest absolute Gasteiger partial charge is 0.388 e. The van der Waals surface area contributed by atoms with E-state index in [-0.39, 0.29) is 11.9 Å². The Labute approximate surface area is 168 Å². The summed E-state index contributed by atoms with van der Waals surface area (Å²) in [4.78, 5) is 18.7. The Bertz CT molecular complexity index is 908. The van der Waals surface area contributed by atoms with E-state index in [4.69, 9.17) is 0 Å². The number of aliphatic hydroxyl groups excluding tert-OH is 1. The summed E-state index contributed by atoms with van der Waals surface area (Å²) in [6.45, 7) is 1.23. The van der Waals surface area contributed by atoms with Crippen LogP contribution in [0, 0.1) is 5.92 Å². The van der Waals surface area contributed by atoms with Gasteiger partial charge >= 0.3 is 6.03 Å². The van der Waals surface area contributed by atoms with Crippen LogP contribution < -0.4 is 5.32 Å². The second kappa shape index (κ2) is 8.50. The summed E-state index contributed by atoms with van der Waals surface area (Å²) >= 11 is 1.18. The van der Waals surface area contributed by atoms with E-state index in [1.165, 1.54) is 11.5 Å². The summed E-state index contributed by atoms with van der Waals surface area (Å²) in [7, 11) is 0. The van der Waals surface area contributed by atoms with Gasteiger partial charge in [0, 0.05) is 30.2 Å². The number of anilines is 1. The van der Waals surface area contributed by atoms with Crippen LogP contribution in [0.25, 0.3) is 11.4 Å². The van der Waals surface area contributed by atoms with Gasteiger partial charge in [-0.1, -0.05) is 60.7 Å². The monoisotopic (exact) mass is 394 g/mol. The first-order valence-corrected chi connectivity index (χ1v) is 10.2. The van der Waals surface area contributed by atoms with E-state index in [1.807, 2.05) is 60.7 Å². The predicted octanol–water partition coefficient (Wildman–Crippen LogP) is 4.18. The number of urea groups is 1. The highest BCUT2D eigenvalue weighted by Gasteiger charge is 2.28. The molecule has 0 aliphatic carbocycles. The fourth-order valence-corrected chi connectivity index (χ4v) is 4.07. The smallest absolute Gasteiger partial charge is 0.323 e. The zero-order valence-electron chi connectivity index (χ0n) is 15.4. The van der Waals surface area contributed by atoms with Crippen molar-refractivity contribution in [1.29, 1.82) is 0 Å². The summed E-state index contributed by atoms with van der Waals surface area (Å²) in [6.07, 6.45) is 1.06. The number of nitrogens with zero attached hydrogens (tertiary/aromatic N) is 3. The molecule has 2 amide bonds. The highest BCUT2D eigenvalue weighted by atomic mass is 32.1. The van der Waals surface area contributed by atoms with Crippen molar-refractivity contribution < 1.29 is 9.90 Å². The molecule has 7 heteroatoms. The lowest BCUT2D eigenvalue weighted by Crippen LogP contribution is -2.42. The van der Waals surface area contributed by atoms with Crippen LogP contribution in [-0.4, -0.2) is 38.5 Å². The number of piperidine rings is 1. The van der Waals surface area contributed by atoms with Crippen molar-refractivity contribution in [1.82, 2.24) is 14.3 Å². The maximum Gasteiger partial charge on any atom is 0.323 e. The normalized spacial score (nSPS) is 16.0. The van der Waals surface area contributed by atoms with Crippen LogP contribution in [-0.2, 0) is 0 Å². The van der Waals surface area contributed by atoms with E-state index in [0.29, 0.717) is 24.0 Å². The van der Waals surface area contributed by atoms with Crippen LogP contribution >= 0.6 is 11.5 Å². The van der Waals surface area contributed by atoms with Crippen LogP contribution in [0.2, 0.25) is 0 Å².